The van der Waals surface area contributed by atoms with E-state index < -0.39 is 0 Å². The van der Waals surface area contributed by atoms with Crippen LogP contribution in [-0.4, -0.2) is 14.1 Å². The lowest BCUT2D eigenvalue weighted by Gasteiger charge is -2.29. The standard InChI is InChI=1S/C38H32N4/c1-38(2,42-36-20-9-5-16-32(36)33-17-6-10-21-37(33)42)24-27(13-11-12-22-39)28-23-29(26-40-25-28)41-34-18-7-3-14-30(34)31-15-4-8-19-35(31)41/h3-9,11,13-20,23-26H,10,12,21H2,1-2H3/b13-11-,27-24+. The molecule has 0 radical (unpaired) electrons. The summed E-state index contributed by atoms with van der Waals surface area (Å²) in [5, 5.41) is 13.0. The van der Waals surface area contributed by atoms with Crippen LogP contribution < -0.4 is 0 Å². The normalized spacial score (nSPS) is 13.8. The van der Waals surface area contributed by atoms with E-state index in [4.69, 9.17) is 4.98 Å². The van der Waals surface area contributed by atoms with E-state index in [2.05, 4.69) is 132 Å². The van der Waals surface area contributed by atoms with Gasteiger partial charge in [0.2, 0.25) is 0 Å². The zero-order valence-corrected chi connectivity index (χ0v) is 24.0. The van der Waals surface area contributed by atoms with Crippen LogP contribution in [0.2, 0.25) is 0 Å². The zero-order valence-electron chi connectivity index (χ0n) is 24.0. The summed E-state index contributed by atoms with van der Waals surface area (Å²) in [5.74, 6) is 0. The average molecular weight is 545 g/mol. The Balaban J connectivity index is 1.41. The van der Waals surface area contributed by atoms with Crippen molar-refractivity contribution in [2.24, 2.45) is 0 Å². The number of hydrogen-bond donors (Lipinski definition) is 0. The minimum absolute atomic E-state index is 0.340. The van der Waals surface area contributed by atoms with Crippen LogP contribution in [0.25, 0.3) is 50.0 Å². The van der Waals surface area contributed by atoms with Crippen molar-refractivity contribution in [1.82, 2.24) is 14.1 Å². The second kappa shape index (κ2) is 10.4. The van der Waals surface area contributed by atoms with Crippen molar-refractivity contribution < 1.29 is 0 Å². The molecule has 0 unspecified atom stereocenters. The summed E-state index contributed by atoms with van der Waals surface area (Å²) in [5.41, 5.74) is 8.98. The van der Waals surface area contributed by atoms with E-state index in [-0.39, 0.29) is 5.54 Å². The SMILES string of the molecule is CC(C)(/C=C(\C=C/CC#N)c1cncc(-n2c3ccccc3c3ccccc32)c1)n1c2c(c3ccccc31)C=CCC2. The lowest BCUT2D eigenvalue weighted by atomic mass is 9.95. The Morgan fingerprint density at radius 1 is 0.905 bits per heavy atom. The van der Waals surface area contributed by atoms with Crippen molar-refractivity contribution in [3.63, 3.8) is 0 Å². The van der Waals surface area contributed by atoms with Gasteiger partial charge in [-0.15, -0.1) is 0 Å². The number of fused-ring (bicyclic) bond motifs is 6. The molecule has 0 N–H and O–H groups in total. The van der Waals surface area contributed by atoms with Gasteiger partial charge >= 0.3 is 0 Å². The highest BCUT2D eigenvalue weighted by Crippen LogP contribution is 2.38. The van der Waals surface area contributed by atoms with Gasteiger partial charge in [-0.05, 0) is 56.5 Å². The van der Waals surface area contributed by atoms with Crippen LogP contribution in [0, 0.1) is 11.3 Å². The van der Waals surface area contributed by atoms with E-state index >= 15 is 0 Å². The maximum absolute atomic E-state index is 9.31. The quantitative estimate of drug-likeness (QED) is 0.196. The molecule has 0 fully saturated rings. The minimum Gasteiger partial charge on any atom is -0.335 e. The molecule has 204 valence electrons. The molecule has 1 aliphatic carbocycles. The van der Waals surface area contributed by atoms with E-state index in [1.165, 1.54) is 32.9 Å². The second-order valence-corrected chi connectivity index (χ2v) is 11.5. The fraction of sp³-hybridized carbons (Fsp3) is 0.158. The van der Waals surface area contributed by atoms with Gasteiger partial charge in [-0.3, -0.25) is 4.98 Å². The Hall–Kier alpha value is -5.14. The number of aromatic nitrogens is 3. The molecular formula is C38H32N4. The van der Waals surface area contributed by atoms with Gasteiger partial charge in [-0.2, -0.15) is 5.26 Å². The molecule has 0 aliphatic heterocycles. The molecule has 6 aromatic rings. The molecule has 4 nitrogen and oxygen atoms in total. The molecule has 0 saturated carbocycles. The monoisotopic (exact) mass is 544 g/mol. The highest BCUT2D eigenvalue weighted by atomic mass is 15.1. The van der Waals surface area contributed by atoms with Crippen LogP contribution in [0.15, 0.2) is 116 Å². The average Bonchev–Trinajstić information content (AvgIpc) is 3.54. The van der Waals surface area contributed by atoms with Crippen molar-refractivity contribution in [3.05, 3.63) is 132 Å². The Bertz CT molecular complexity index is 2050. The van der Waals surface area contributed by atoms with E-state index in [9.17, 15) is 5.26 Å². The van der Waals surface area contributed by atoms with Crippen molar-refractivity contribution in [1.29, 1.82) is 5.26 Å². The molecule has 4 heteroatoms. The first kappa shape index (κ1) is 25.8. The second-order valence-electron chi connectivity index (χ2n) is 11.5. The molecule has 0 amide bonds. The van der Waals surface area contributed by atoms with Crippen LogP contribution in [0.1, 0.15) is 43.5 Å². The summed E-state index contributed by atoms with van der Waals surface area (Å²) in [6.07, 6.45) is 17.2. The van der Waals surface area contributed by atoms with Gasteiger partial charge in [-0.25, -0.2) is 0 Å². The Morgan fingerprint density at radius 3 is 2.29 bits per heavy atom. The zero-order chi connectivity index (χ0) is 28.7. The fourth-order valence-corrected chi connectivity index (χ4v) is 6.65. The summed E-state index contributed by atoms with van der Waals surface area (Å²) >= 11 is 0. The van der Waals surface area contributed by atoms with Gasteiger partial charge < -0.3 is 9.13 Å². The van der Waals surface area contributed by atoms with E-state index in [0.717, 1.165) is 40.7 Å². The van der Waals surface area contributed by atoms with Gasteiger partial charge in [0, 0.05) is 44.7 Å². The summed E-state index contributed by atoms with van der Waals surface area (Å²) in [7, 11) is 0. The Morgan fingerprint density at radius 2 is 1.57 bits per heavy atom. The number of allylic oxidation sites excluding steroid dienone is 5. The topological polar surface area (TPSA) is 46.5 Å². The summed E-state index contributed by atoms with van der Waals surface area (Å²) in [6.45, 7) is 4.56. The first-order valence-corrected chi connectivity index (χ1v) is 14.6. The van der Waals surface area contributed by atoms with Crippen LogP contribution in [0.5, 0.6) is 0 Å². The Labute approximate surface area is 246 Å². The molecule has 0 bridgehead atoms. The van der Waals surface area contributed by atoms with Crippen LogP contribution in [0.4, 0.5) is 0 Å². The third-order valence-electron chi connectivity index (χ3n) is 8.34. The third-order valence-corrected chi connectivity index (χ3v) is 8.34. The molecule has 0 saturated heterocycles. The molecular weight excluding hydrogens is 512 g/mol. The van der Waals surface area contributed by atoms with Gasteiger partial charge in [0.05, 0.1) is 40.9 Å². The van der Waals surface area contributed by atoms with Gasteiger partial charge in [0.15, 0.2) is 0 Å². The van der Waals surface area contributed by atoms with Crippen LogP contribution >= 0.6 is 0 Å². The van der Waals surface area contributed by atoms with E-state index in [0.29, 0.717) is 6.42 Å². The number of nitrogens with zero attached hydrogens (tertiary/aromatic N) is 4. The number of pyridine rings is 1. The number of nitriles is 1. The van der Waals surface area contributed by atoms with Gasteiger partial charge in [-0.1, -0.05) is 85.0 Å². The molecule has 7 rings (SSSR count). The first-order chi connectivity index (χ1) is 20.6. The summed E-state index contributed by atoms with van der Waals surface area (Å²) < 4.78 is 4.80. The summed E-state index contributed by atoms with van der Waals surface area (Å²) in [6, 6.07) is 30.3. The highest BCUT2D eigenvalue weighted by molar-refractivity contribution is 6.09. The number of para-hydroxylation sites is 3. The van der Waals surface area contributed by atoms with Crippen LogP contribution in [0.3, 0.4) is 0 Å². The largest absolute Gasteiger partial charge is 0.335 e. The highest BCUT2D eigenvalue weighted by Gasteiger charge is 2.27. The minimum atomic E-state index is -0.340. The molecule has 3 aromatic carbocycles. The predicted octanol–water partition coefficient (Wildman–Crippen LogP) is 9.38. The fourth-order valence-electron chi connectivity index (χ4n) is 6.65. The molecule has 0 spiro atoms. The van der Waals surface area contributed by atoms with Gasteiger partial charge in [0.25, 0.3) is 0 Å². The molecule has 1 aliphatic rings. The smallest absolute Gasteiger partial charge is 0.0663 e. The Kier molecular flexibility index (Phi) is 6.36. The lowest BCUT2D eigenvalue weighted by molar-refractivity contribution is 0.455. The van der Waals surface area contributed by atoms with Crippen molar-refractivity contribution in [2.45, 2.75) is 38.6 Å². The van der Waals surface area contributed by atoms with E-state index in [1.54, 1.807) is 0 Å². The molecule has 3 heterocycles. The van der Waals surface area contributed by atoms with Gasteiger partial charge in [0.1, 0.15) is 0 Å². The number of hydrogen-bond acceptors (Lipinski definition) is 2. The maximum Gasteiger partial charge on any atom is 0.0663 e. The van der Waals surface area contributed by atoms with E-state index in [1.807, 2.05) is 18.5 Å². The number of benzene rings is 3. The predicted molar refractivity (Wildman–Crippen MR) is 175 cm³/mol. The van der Waals surface area contributed by atoms with Crippen molar-refractivity contribution >= 4 is 44.4 Å². The summed E-state index contributed by atoms with van der Waals surface area (Å²) in [4.78, 5) is 4.74. The van der Waals surface area contributed by atoms with Crippen LogP contribution in [-0.2, 0) is 12.0 Å². The van der Waals surface area contributed by atoms with Crippen molar-refractivity contribution in [2.75, 3.05) is 0 Å². The molecule has 42 heavy (non-hydrogen) atoms. The van der Waals surface area contributed by atoms with Crippen molar-refractivity contribution in [3.8, 4) is 11.8 Å². The molecule has 0 atom stereocenters. The maximum atomic E-state index is 9.31. The molecule has 3 aromatic heterocycles. The third kappa shape index (κ3) is 4.26. The first-order valence-electron chi connectivity index (χ1n) is 14.6. The number of rotatable bonds is 6. The lowest BCUT2D eigenvalue weighted by Crippen LogP contribution is -2.26.